The van der Waals surface area contributed by atoms with Gasteiger partial charge >= 0.3 is 5.97 Å². The Morgan fingerprint density at radius 3 is 1.87 bits per heavy atom. The minimum Gasteiger partial charge on any atom is -0.494 e. The van der Waals surface area contributed by atoms with Gasteiger partial charge in [-0.05, 0) is 59.9 Å². The molecule has 3 nitrogen and oxygen atoms in total. The van der Waals surface area contributed by atoms with E-state index in [1.807, 2.05) is 12.1 Å². The summed E-state index contributed by atoms with van der Waals surface area (Å²) in [5.74, 6) is -5.96. The van der Waals surface area contributed by atoms with Gasteiger partial charge in [0.15, 0.2) is 23.2 Å². The maximum Gasteiger partial charge on any atom is 0.346 e. The SMILES string of the molecule is CCCCCc1ccc(-c2ccc(C(=O)Oc3ccc(-c4ccc(OC)c(F)c4F)cc3)c(F)c2F)cc1. The first-order chi connectivity index (χ1) is 18.3. The highest BCUT2D eigenvalue weighted by Crippen LogP contribution is 2.31. The standard InChI is InChI=1S/C31H26F4O3/c1-3-4-5-6-19-7-9-20(10-8-19)23-15-16-25(29(34)27(23)32)31(36)38-22-13-11-21(12-14-22)24-17-18-26(37-2)30(35)28(24)33/h7-18H,3-6H2,1-2H3. The van der Waals surface area contributed by atoms with Crippen LogP contribution in [0.5, 0.6) is 11.5 Å². The van der Waals surface area contributed by atoms with E-state index in [1.54, 1.807) is 12.1 Å². The lowest BCUT2D eigenvalue weighted by Gasteiger charge is -2.11. The van der Waals surface area contributed by atoms with Crippen LogP contribution < -0.4 is 9.47 Å². The fraction of sp³-hybridized carbons (Fsp3) is 0.194. The molecule has 0 saturated carbocycles. The third kappa shape index (κ3) is 5.72. The van der Waals surface area contributed by atoms with Gasteiger partial charge in [0.25, 0.3) is 0 Å². The van der Waals surface area contributed by atoms with Crippen LogP contribution in [0, 0.1) is 23.3 Å². The molecule has 0 saturated heterocycles. The fourth-order valence-electron chi connectivity index (χ4n) is 4.14. The molecular formula is C31H26F4O3. The molecule has 0 aliphatic carbocycles. The fourth-order valence-corrected chi connectivity index (χ4v) is 4.14. The molecule has 0 aliphatic rings. The molecule has 0 radical (unpaired) electrons. The zero-order valence-corrected chi connectivity index (χ0v) is 21.0. The lowest BCUT2D eigenvalue weighted by molar-refractivity contribution is 0.0728. The average molecular weight is 523 g/mol. The summed E-state index contributed by atoms with van der Waals surface area (Å²) >= 11 is 0. The van der Waals surface area contributed by atoms with Crippen molar-refractivity contribution in [3.63, 3.8) is 0 Å². The molecule has 4 aromatic rings. The van der Waals surface area contributed by atoms with E-state index in [0.29, 0.717) is 11.1 Å². The van der Waals surface area contributed by atoms with Crippen LogP contribution in [0.3, 0.4) is 0 Å². The van der Waals surface area contributed by atoms with Crippen molar-refractivity contribution in [3.8, 4) is 33.8 Å². The van der Waals surface area contributed by atoms with Gasteiger partial charge in [0.1, 0.15) is 5.75 Å². The quantitative estimate of drug-likeness (QED) is 0.0956. The molecule has 0 spiro atoms. The van der Waals surface area contributed by atoms with Gasteiger partial charge in [-0.2, -0.15) is 4.39 Å². The molecule has 0 aromatic heterocycles. The maximum atomic E-state index is 14.9. The minimum absolute atomic E-state index is 0.0149. The molecule has 0 heterocycles. The molecule has 0 aliphatic heterocycles. The van der Waals surface area contributed by atoms with Crippen LogP contribution in [0.25, 0.3) is 22.3 Å². The number of esters is 1. The summed E-state index contributed by atoms with van der Waals surface area (Å²) < 4.78 is 68.1. The Kier molecular flexibility index (Phi) is 8.46. The van der Waals surface area contributed by atoms with Gasteiger partial charge in [0.2, 0.25) is 5.82 Å². The number of hydrogen-bond donors (Lipinski definition) is 0. The Bertz CT molecular complexity index is 1430. The van der Waals surface area contributed by atoms with E-state index in [1.165, 1.54) is 55.6 Å². The van der Waals surface area contributed by atoms with Crippen molar-refractivity contribution in [3.05, 3.63) is 107 Å². The summed E-state index contributed by atoms with van der Waals surface area (Å²) in [4.78, 5) is 12.6. The number of benzene rings is 4. The highest BCUT2D eigenvalue weighted by Gasteiger charge is 2.21. The van der Waals surface area contributed by atoms with Crippen LogP contribution in [0.15, 0.2) is 72.8 Å². The summed E-state index contributed by atoms with van der Waals surface area (Å²) in [6.45, 7) is 2.13. The highest BCUT2D eigenvalue weighted by atomic mass is 19.2. The Labute approximate surface area is 218 Å². The lowest BCUT2D eigenvalue weighted by atomic mass is 9.99. The molecular weight excluding hydrogens is 496 g/mol. The van der Waals surface area contributed by atoms with Gasteiger partial charge in [-0.3, -0.25) is 0 Å². The number of unbranched alkanes of at least 4 members (excludes halogenated alkanes) is 2. The van der Waals surface area contributed by atoms with Crippen LogP contribution in [-0.4, -0.2) is 13.1 Å². The number of rotatable bonds is 9. The Morgan fingerprint density at radius 1 is 0.684 bits per heavy atom. The predicted molar refractivity (Wildman–Crippen MR) is 138 cm³/mol. The molecule has 38 heavy (non-hydrogen) atoms. The summed E-state index contributed by atoms with van der Waals surface area (Å²) in [7, 11) is 1.23. The van der Waals surface area contributed by atoms with E-state index < -0.39 is 34.8 Å². The minimum atomic E-state index is -1.31. The smallest absolute Gasteiger partial charge is 0.346 e. The van der Waals surface area contributed by atoms with E-state index in [9.17, 15) is 22.4 Å². The van der Waals surface area contributed by atoms with E-state index in [0.717, 1.165) is 31.2 Å². The van der Waals surface area contributed by atoms with Crippen molar-refractivity contribution < 1.29 is 31.8 Å². The first kappa shape index (κ1) is 26.9. The third-order valence-corrected chi connectivity index (χ3v) is 6.28. The van der Waals surface area contributed by atoms with Crippen molar-refractivity contribution >= 4 is 5.97 Å². The molecule has 0 N–H and O–H groups in total. The number of halogens is 4. The molecule has 196 valence electrons. The Balaban J connectivity index is 1.48. The first-order valence-electron chi connectivity index (χ1n) is 12.3. The zero-order valence-electron chi connectivity index (χ0n) is 21.0. The topological polar surface area (TPSA) is 35.5 Å². The number of methoxy groups -OCH3 is 1. The van der Waals surface area contributed by atoms with E-state index >= 15 is 0 Å². The molecule has 0 bridgehead atoms. The van der Waals surface area contributed by atoms with Gasteiger partial charge in [0.05, 0.1) is 12.7 Å². The molecule has 0 amide bonds. The Morgan fingerprint density at radius 2 is 1.26 bits per heavy atom. The zero-order chi connectivity index (χ0) is 27.2. The molecule has 4 rings (SSSR count). The van der Waals surface area contributed by atoms with Gasteiger partial charge in [-0.25, -0.2) is 18.0 Å². The predicted octanol–water partition coefficient (Wildman–Crippen LogP) is 8.54. The van der Waals surface area contributed by atoms with Crippen LogP contribution in [-0.2, 0) is 6.42 Å². The largest absolute Gasteiger partial charge is 0.494 e. The summed E-state index contributed by atoms with van der Waals surface area (Å²) in [6.07, 6.45) is 4.23. The number of carbonyl (C=O) groups excluding carboxylic acids is 1. The van der Waals surface area contributed by atoms with Gasteiger partial charge in [-0.15, -0.1) is 0 Å². The van der Waals surface area contributed by atoms with Crippen LogP contribution >= 0.6 is 0 Å². The third-order valence-electron chi connectivity index (χ3n) is 6.28. The Hall–Kier alpha value is -4.13. The van der Waals surface area contributed by atoms with Gasteiger partial charge in [0, 0.05) is 11.1 Å². The van der Waals surface area contributed by atoms with Crippen LogP contribution in [0.2, 0.25) is 0 Å². The second-order valence-corrected chi connectivity index (χ2v) is 8.80. The summed E-state index contributed by atoms with van der Waals surface area (Å²) in [5, 5.41) is 0. The van der Waals surface area contributed by atoms with Crippen molar-refractivity contribution in [1.82, 2.24) is 0 Å². The average Bonchev–Trinajstić information content (AvgIpc) is 2.93. The maximum absolute atomic E-state index is 14.9. The van der Waals surface area contributed by atoms with Gasteiger partial charge < -0.3 is 9.47 Å². The summed E-state index contributed by atoms with van der Waals surface area (Å²) in [5.41, 5.74) is 1.40. The van der Waals surface area contributed by atoms with Gasteiger partial charge in [-0.1, -0.05) is 62.2 Å². The van der Waals surface area contributed by atoms with Crippen LogP contribution in [0.1, 0.15) is 42.1 Å². The molecule has 0 fully saturated rings. The van der Waals surface area contributed by atoms with E-state index in [2.05, 4.69) is 6.92 Å². The number of carbonyl (C=O) groups is 1. The van der Waals surface area contributed by atoms with Crippen molar-refractivity contribution in [2.45, 2.75) is 32.6 Å². The van der Waals surface area contributed by atoms with Crippen molar-refractivity contribution in [2.24, 2.45) is 0 Å². The molecule has 0 atom stereocenters. The number of hydrogen-bond acceptors (Lipinski definition) is 3. The van der Waals surface area contributed by atoms with Crippen molar-refractivity contribution in [1.29, 1.82) is 0 Å². The number of ether oxygens (including phenoxy) is 2. The van der Waals surface area contributed by atoms with E-state index in [-0.39, 0.29) is 22.6 Å². The highest BCUT2D eigenvalue weighted by molar-refractivity contribution is 5.92. The molecule has 4 aromatic carbocycles. The second kappa shape index (κ2) is 11.9. The second-order valence-electron chi connectivity index (χ2n) is 8.80. The van der Waals surface area contributed by atoms with E-state index in [4.69, 9.17) is 9.47 Å². The molecule has 0 unspecified atom stereocenters. The van der Waals surface area contributed by atoms with Crippen LogP contribution in [0.4, 0.5) is 17.6 Å². The van der Waals surface area contributed by atoms with Crippen molar-refractivity contribution in [2.75, 3.05) is 7.11 Å². The normalized spacial score (nSPS) is 10.9. The summed E-state index contributed by atoms with van der Waals surface area (Å²) in [6, 6.07) is 17.9. The lowest BCUT2D eigenvalue weighted by Crippen LogP contribution is -2.12. The monoisotopic (exact) mass is 522 g/mol. The molecule has 7 heteroatoms. The first-order valence-corrected chi connectivity index (χ1v) is 12.3. The number of aryl methyl sites for hydroxylation is 1.